The molecule has 0 bridgehead atoms. The van der Waals surface area contributed by atoms with E-state index in [-0.39, 0.29) is 17.2 Å². The summed E-state index contributed by atoms with van der Waals surface area (Å²) in [5.74, 6) is -1.02. The van der Waals surface area contributed by atoms with Crippen molar-refractivity contribution < 1.29 is 22.7 Å². The van der Waals surface area contributed by atoms with Crippen molar-refractivity contribution in [3.05, 3.63) is 60.2 Å². The number of carbonyl (C=O) groups is 2. The molecule has 0 unspecified atom stereocenters. The number of nitrogens with one attached hydrogen (secondary N) is 1. The number of amides is 1. The van der Waals surface area contributed by atoms with Gasteiger partial charge in [-0.3, -0.25) is 9.59 Å². The molecule has 2 atom stereocenters. The zero-order valence-corrected chi connectivity index (χ0v) is 15.9. The zero-order valence-electron chi connectivity index (χ0n) is 15.1. The third-order valence-electron chi connectivity index (χ3n) is 3.97. The Morgan fingerprint density at radius 3 is 2.19 bits per heavy atom. The molecular weight excluding hydrogens is 368 g/mol. The molecule has 0 fully saturated rings. The Bertz CT molecular complexity index is 895. The molecule has 7 nitrogen and oxygen atoms in total. The van der Waals surface area contributed by atoms with Gasteiger partial charge in [0.05, 0.1) is 11.3 Å². The number of esters is 1. The van der Waals surface area contributed by atoms with E-state index in [1.807, 2.05) is 37.3 Å². The second kappa shape index (κ2) is 8.79. The van der Waals surface area contributed by atoms with Crippen LogP contribution in [-0.2, 0) is 24.3 Å². The molecule has 0 aromatic heterocycles. The molecule has 0 spiro atoms. The lowest BCUT2D eigenvalue weighted by molar-refractivity contribution is -0.153. The van der Waals surface area contributed by atoms with Gasteiger partial charge < -0.3 is 10.1 Å². The Hall–Kier alpha value is -2.71. The van der Waals surface area contributed by atoms with Crippen molar-refractivity contribution in [1.82, 2.24) is 0 Å². The van der Waals surface area contributed by atoms with Gasteiger partial charge in [-0.25, -0.2) is 13.6 Å². The number of ether oxygens (including phenoxy) is 1. The van der Waals surface area contributed by atoms with Gasteiger partial charge in [0.1, 0.15) is 0 Å². The Morgan fingerprint density at radius 2 is 1.63 bits per heavy atom. The van der Waals surface area contributed by atoms with Crippen molar-refractivity contribution >= 4 is 27.6 Å². The lowest BCUT2D eigenvalue weighted by Crippen LogP contribution is -2.30. The fourth-order valence-corrected chi connectivity index (χ4v) is 2.94. The quantitative estimate of drug-likeness (QED) is 0.704. The minimum absolute atomic E-state index is 0.0280. The van der Waals surface area contributed by atoms with E-state index in [4.69, 9.17) is 9.88 Å². The van der Waals surface area contributed by atoms with Crippen molar-refractivity contribution in [2.24, 2.45) is 5.14 Å². The summed E-state index contributed by atoms with van der Waals surface area (Å²) in [6.45, 7) is 3.38. The van der Waals surface area contributed by atoms with Crippen LogP contribution in [0, 0.1) is 0 Å². The average molecular weight is 390 g/mol. The lowest BCUT2D eigenvalue weighted by Gasteiger charge is -2.16. The first-order chi connectivity index (χ1) is 12.7. The van der Waals surface area contributed by atoms with Crippen LogP contribution >= 0.6 is 0 Å². The molecule has 0 saturated carbocycles. The SMILES string of the molecule is C[C@H](OC(=O)C[C@@H](C)c1ccccc1)C(=O)Nc1ccc(S(N)(=O)=O)cc1. The van der Waals surface area contributed by atoms with Crippen LogP contribution in [0.4, 0.5) is 5.69 Å². The standard InChI is InChI=1S/C19H22N2O5S/c1-13(15-6-4-3-5-7-15)12-18(22)26-14(2)19(23)21-16-8-10-17(11-9-16)27(20,24)25/h3-11,13-14H,12H2,1-2H3,(H,21,23)(H2,20,24,25)/t13-,14+/m1/s1. The van der Waals surface area contributed by atoms with E-state index in [2.05, 4.69) is 5.32 Å². The van der Waals surface area contributed by atoms with Gasteiger partial charge in [-0.15, -0.1) is 0 Å². The number of nitrogens with two attached hydrogens (primary N) is 1. The second-order valence-electron chi connectivity index (χ2n) is 6.21. The third-order valence-corrected chi connectivity index (χ3v) is 4.90. The Kier molecular flexibility index (Phi) is 6.70. The number of rotatable bonds is 7. The largest absolute Gasteiger partial charge is 0.453 e. The van der Waals surface area contributed by atoms with E-state index in [1.165, 1.54) is 31.2 Å². The summed E-state index contributed by atoms with van der Waals surface area (Å²) >= 11 is 0. The zero-order chi connectivity index (χ0) is 20.0. The number of sulfonamides is 1. The first-order valence-corrected chi connectivity index (χ1v) is 9.89. The van der Waals surface area contributed by atoms with Crippen LogP contribution in [0.1, 0.15) is 31.7 Å². The normalized spacial score (nSPS) is 13.4. The van der Waals surface area contributed by atoms with Crippen molar-refractivity contribution in [2.45, 2.75) is 37.2 Å². The summed E-state index contributed by atoms with van der Waals surface area (Å²) in [5, 5.41) is 7.58. The van der Waals surface area contributed by atoms with Gasteiger partial charge in [-0.05, 0) is 42.7 Å². The Balaban J connectivity index is 1.88. The van der Waals surface area contributed by atoms with Crippen LogP contribution in [0.5, 0.6) is 0 Å². The molecule has 1 amide bonds. The molecule has 0 aliphatic heterocycles. The van der Waals surface area contributed by atoms with Crippen LogP contribution in [-0.4, -0.2) is 26.4 Å². The van der Waals surface area contributed by atoms with E-state index >= 15 is 0 Å². The van der Waals surface area contributed by atoms with Gasteiger partial charge in [0.15, 0.2) is 6.10 Å². The van der Waals surface area contributed by atoms with Crippen molar-refractivity contribution in [3.8, 4) is 0 Å². The first-order valence-electron chi connectivity index (χ1n) is 8.35. The second-order valence-corrected chi connectivity index (χ2v) is 7.77. The van der Waals surface area contributed by atoms with Crippen LogP contribution < -0.4 is 10.5 Å². The molecular formula is C19H22N2O5S. The molecule has 0 heterocycles. The first kappa shape index (κ1) is 20.6. The van der Waals surface area contributed by atoms with Crippen molar-refractivity contribution in [1.29, 1.82) is 0 Å². The van der Waals surface area contributed by atoms with E-state index in [0.717, 1.165) is 5.56 Å². The number of anilines is 1. The number of benzene rings is 2. The number of hydrogen-bond donors (Lipinski definition) is 2. The van der Waals surface area contributed by atoms with Crippen LogP contribution in [0.15, 0.2) is 59.5 Å². The molecule has 3 N–H and O–H groups in total. The van der Waals surface area contributed by atoms with E-state index < -0.39 is 28.0 Å². The smallest absolute Gasteiger partial charge is 0.307 e. The molecule has 2 aromatic rings. The minimum Gasteiger partial charge on any atom is -0.453 e. The lowest BCUT2D eigenvalue weighted by atomic mass is 9.98. The fraction of sp³-hybridized carbons (Fsp3) is 0.263. The Labute approximate surface area is 158 Å². The maximum Gasteiger partial charge on any atom is 0.307 e. The highest BCUT2D eigenvalue weighted by atomic mass is 32.2. The molecule has 0 radical (unpaired) electrons. The van der Waals surface area contributed by atoms with Crippen LogP contribution in [0.2, 0.25) is 0 Å². The topological polar surface area (TPSA) is 116 Å². The summed E-state index contributed by atoms with van der Waals surface area (Å²) < 4.78 is 27.6. The van der Waals surface area contributed by atoms with Crippen molar-refractivity contribution in [2.75, 3.05) is 5.32 Å². The molecule has 2 aromatic carbocycles. The molecule has 0 aliphatic rings. The third kappa shape index (κ3) is 6.19. The summed E-state index contributed by atoms with van der Waals surface area (Å²) in [6.07, 6.45) is -0.830. The minimum atomic E-state index is -3.80. The number of carbonyl (C=O) groups excluding carboxylic acids is 2. The average Bonchev–Trinajstić information content (AvgIpc) is 2.62. The summed E-state index contributed by atoms with van der Waals surface area (Å²) in [5.41, 5.74) is 1.38. The molecule has 2 rings (SSSR count). The summed E-state index contributed by atoms with van der Waals surface area (Å²) in [4.78, 5) is 24.2. The highest BCUT2D eigenvalue weighted by Gasteiger charge is 2.20. The van der Waals surface area contributed by atoms with Crippen LogP contribution in [0.25, 0.3) is 0 Å². The van der Waals surface area contributed by atoms with E-state index in [9.17, 15) is 18.0 Å². The van der Waals surface area contributed by atoms with Gasteiger partial charge in [0.25, 0.3) is 5.91 Å². The van der Waals surface area contributed by atoms with Gasteiger partial charge in [0.2, 0.25) is 10.0 Å². The van der Waals surface area contributed by atoms with Crippen LogP contribution in [0.3, 0.4) is 0 Å². The van der Waals surface area contributed by atoms with Gasteiger partial charge in [-0.1, -0.05) is 37.3 Å². The maximum atomic E-state index is 12.2. The van der Waals surface area contributed by atoms with E-state index in [1.54, 1.807) is 0 Å². The number of primary sulfonamides is 1. The molecule has 27 heavy (non-hydrogen) atoms. The number of hydrogen-bond acceptors (Lipinski definition) is 5. The van der Waals surface area contributed by atoms with Gasteiger partial charge >= 0.3 is 5.97 Å². The highest BCUT2D eigenvalue weighted by molar-refractivity contribution is 7.89. The summed E-state index contributed by atoms with van der Waals surface area (Å²) in [6, 6.07) is 14.9. The molecule has 8 heteroatoms. The monoisotopic (exact) mass is 390 g/mol. The molecule has 144 valence electrons. The highest BCUT2D eigenvalue weighted by Crippen LogP contribution is 2.19. The molecule has 0 aliphatic carbocycles. The Morgan fingerprint density at radius 1 is 1.04 bits per heavy atom. The summed E-state index contributed by atoms with van der Waals surface area (Å²) in [7, 11) is -3.80. The van der Waals surface area contributed by atoms with Gasteiger partial charge in [0, 0.05) is 5.69 Å². The maximum absolute atomic E-state index is 12.2. The molecule has 0 saturated heterocycles. The predicted molar refractivity (Wildman–Crippen MR) is 101 cm³/mol. The predicted octanol–water partition coefficient (Wildman–Crippen LogP) is 2.40. The van der Waals surface area contributed by atoms with Crippen molar-refractivity contribution in [3.63, 3.8) is 0 Å². The fourth-order valence-electron chi connectivity index (χ4n) is 2.42. The van der Waals surface area contributed by atoms with Gasteiger partial charge in [-0.2, -0.15) is 0 Å². The van der Waals surface area contributed by atoms with E-state index in [0.29, 0.717) is 5.69 Å².